The molecular weight excluding hydrogens is 817 g/mol. The molecule has 0 saturated carbocycles. The fraction of sp³-hybridized carbons (Fsp3) is 0.0164. The third-order valence-electron chi connectivity index (χ3n) is 13.9. The third kappa shape index (κ3) is 5.11. The SMILES string of the molecule is Cc1cccc(-c2c(C#N)c(-n3c4ccccc4c4ccccc43)c(-n3c4ccccc4c4ccccc43)c(-n3c4ccccc4c4ccccc43)c2-n2c3ccccc3c3ccccc32)n1. The summed E-state index contributed by atoms with van der Waals surface area (Å²) in [4.78, 5) is 5.38. The van der Waals surface area contributed by atoms with Gasteiger partial charge in [0, 0.05) is 54.3 Å². The first-order chi connectivity index (χ1) is 33.2. The molecule has 6 nitrogen and oxygen atoms in total. The van der Waals surface area contributed by atoms with Crippen LogP contribution in [0.1, 0.15) is 11.3 Å². The summed E-state index contributed by atoms with van der Waals surface area (Å²) in [5.74, 6) is 0. The average molecular weight is 855 g/mol. The second-order valence-electron chi connectivity index (χ2n) is 17.4. The van der Waals surface area contributed by atoms with Gasteiger partial charge >= 0.3 is 0 Å². The van der Waals surface area contributed by atoms with E-state index in [2.05, 4.69) is 231 Å². The maximum atomic E-state index is 12.4. The first-order valence-corrected chi connectivity index (χ1v) is 22.7. The predicted octanol–water partition coefficient (Wildman–Crippen LogP) is 15.3. The van der Waals surface area contributed by atoms with E-state index >= 15 is 0 Å². The van der Waals surface area contributed by atoms with Gasteiger partial charge in [0.1, 0.15) is 6.07 Å². The molecule has 0 bridgehead atoms. The van der Waals surface area contributed by atoms with Crippen molar-refractivity contribution in [2.24, 2.45) is 0 Å². The van der Waals surface area contributed by atoms with Crippen LogP contribution < -0.4 is 0 Å². The summed E-state index contributed by atoms with van der Waals surface area (Å²) in [7, 11) is 0. The smallest absolute Gasteiger partial charge is 0.102 e. The maximum Gasteiger partial charge on any atom is 0.102 e. The zero-order valence-electron chi connectivity index (χ0n) is 36.4. The van der Waals surface area contributed by atoms with Crippen LogP contribution in [0, 0.1) is 18.3 Å². The van der Waals surface area contributed by atoms with Gasteiger partial charge < -0.3 is 18.3 Å². The average Bonchev–Trinajstić information content (AvgIpc) is 4.11. The Hall–Kier alpha value is -9.18. The molecule has 312 valence electrons. The van der Waals surface area contributed by atoms with Gasteiger partial charge in [0.25, 0.3) is 0 Å². The summed E-state index contributed by atoms with van der Waals surface area (Å²) in [6.45, 7) is 2.03. The second-order valence-corrected chi connectivity index (χ2v) is 17.4. The number of hydrogen-bond acceptors (Lipinski definition) is 2. The van der Waals surface area contributed by atoms with E-state index in [9.17, 15) is 5.26 Å². The van der Waals surface area contributed by atoms with Crippen LogP contribution in [0.5, 0.6) is 0 Å². The summed E-state index contributed by atoms with van der Waals surface area (Å²) in [6.07, 6.45) is 0. The lowest BCUT2D eigenvalue weighted by atomic mass is 9.95. The number of hydrogen-bond donors (Lipinski definition) is 0. The lowest BCUT2D eigenvalue weighted by molar-refractivity contribution is 1.02. The van der Waals surface area contributed by atoms with Crippen LogP contribution in [0.3, 0.4) is 0 Å². The molecule has 0 amide bonds. The second kappa shape index (κ2) is 14.2. The third-order valence-corrected chi connectivity index (χ3v) is 13.9. The fourth-order valence-corrected chi connectivity index (χ4v) is 11.3. The van der Waals surface area contributed by atoms with Crippen molar-refractivity contribution in [3.63, 3.8) is 0 Å². The van der Waals surface area contributed by atoms with E-state index in [4.69, 9.17) is 4.98 Å². The summed E-state index contributed by atoms with van der Waals surface area (Å²) in [6, 6.07) is 78.5. The van der Waals surface area contributed by atoms with Gasteiger partial charge in [-0.2, -0.15) is 5.26 Å². The number of nitrogens with zero attached hydrogens (tertiary/aromatic N) is 6. The minimum absolute atomic E-state index is 0.517. The molecule has 6 heteroatoms. The lowest BCUT2D eigenvalue weighted by Gasteiger charge is -2.29. The number of nitriles is 1. The summed E-state index contributed by atoms with van der Waals surface area (Å²) < 4.78 is 9.68. The normalized spacial score (nSPS) is 11.9. The molecule has 0 N–H and O–H groups in total. The van der Waals surface area contributed by atoms with Gasteiger partial charge in [-0.15, -0.1) is 0 Å². The van der Waals surface area contributed by atoms with Crippen LogP contribution in [0.2, 0.25) is 0 Å². The number of aromatic nitrogens is 5. The molecule has 0 fully saturated rings. The molecule has 0 radical (unpaired) electrons. The molecule has 0 aliphatic rings. The molecule has 67 heavy (non-hydrogen) atoms. The Morgan fingerprint density at radius 2 is 0.582 bits per heavy atom. The van der Waals surface area contributed by atoms with E-state index in [1.54, 1.807) is 0 Å². The van der Waals surface area contributed by atoms with Crippen molar-refractivity contribution in [2.45, 2.75) is 6.92 Å². The Morgan fingerprint density at radius 3 is 0.881 bits per heavy atom. The van der Waals surface area contributed by atoms with Crippen LogP contribution in [-0.2, 0) is 0 Å². The quantitative estimate of drug-likeness (QED) is 0.173. The Kier molecular flexibility index (Phi) is 7.87. The first kappa shape index (κ1) is 37.2. The van der Waals surface area contributed by atoms with Crippen molar-refractivity contribution in [1.29, 1.82) is 5.26 Å². The Morgan fingerprint density at radius 1 is 0.313 bits per heavy atom. The highest BCUT2D eigenvalue weighted by Crippen LogP contribution is 2.51. The van der Waals surface area contributed by atoms with Crippen LogP contribution >= 0.6 is 0 Å². The van der Waals surface area contributed by atoms with E-state index in [1.165, 1.54) is 0 Å². The van der Waals surface area contributed by atoms with Crippen molar-refractivity contribution in [3.05, 3.63) is 224 Å². The summed E-state index contributed by atoms with van der Waals surface area (Å²) in [5.41, 5.74) is 14.5. The number of pyridine rings is 1. The highest BCUT2D eigenvalue weighted by Gasteiger charge is 2.35. The molecular formula is C61H38N6. The zero-order chi connectivity index (χ0) is 44.3. The van der Waals surface area contributed by atoms with Gasteiger partial charge in [-0.1, -0.05) is 152 Å². The van der Waals surface area contributed by atoms with Crippen LogP contribution in [0.4, 0.5) is 0 Å². The number of para-hydroxylation sites is 8. The monoisotopic (exact) mass is 854 g/mol. The summed E-state index contributed by atoms with van der Waals surface area (Å²) >= 11 is 0. The molecule has 14 aromatic rings. The van der Waals surface area contributed by atoms with Gasteiger partial charge in [0.2, 0.25) is 0 Å². The number of fused-ring (bicyclic) bond motifs is 12. The van der Waals surface area contributed by atoms with Gasteiger partial charge in [-0.05, 0) is 67.6 Å². The topological polar surface area (TPSA) is 56.4 Å². The van der Waals surface area contributed by atoms with E-state index in [1.807, 2.05) is 13.0 Å². The molecule has 0 aliphatic heterocycles. The molecule has 5 aromatic heterocycles. The first-order valence-electron chi connectivity index (χ1n) is 22.7. The minimum Gasteiger partial charge on any atom is -0.306 e. The molecule has 0 unspecified atom stereocenters. The Labute approximate surface area is 384 Å². The predicted molar refractivity (Wildman–Crippen MR) is 276 cm³/mol. The fourth-order valence-electron chi connectivity index (χ4n) is 11.3. The van der Waals surface area contributed by atoms with Gasteiger partial charge in [-0.25, -0.2) is 0 Å². The molecule has 0 spiro atoms. The van der Waals surface area contributed by atoms with E-state index in [0.29, 0.717) is 11.3 Å². The molecule has 5 heterocycles. The van der Waals surface area contributed by atoms with Gasteiger partial charge in [0.15, 0.2) is 0 Å². The minimum atomic E-state index is 0.517. The standard InChI is InChI=1S/C61H38N6/c1-38-19-18-28-48(63-38)57-47(37-62)58(64-49-29-10-2-20-39(49)40-21-3-11-30-50(40)64)60(66-53-33-14-6-24-43(53)44-25-7-15-34-54(44)66)61(67-55-35-16-8-26-45(55)46-27-9-17-36-56(46)67)59(57)65-51-31-12-4-22-41(51)42-23-5-13-32-52(42)65/h2-36H,1H3. The Balaban J connectivity index is 1.38. The van der Waals surface area contributed by atoms with Crippen molar-refractivity contribution < 1.29 is 0 Å². The summed E-state index contributed by atoms with van der Waals surface area (Å²) in [5, 5.41) is 21.4. The van der Waals surface area contributed by atoms with Gasteiger partial charge in [-0.3, -0.25) is 4.98 Å². The highest BCUT2D eigenvalue weighted by molar-refractivity contribution is 6.17. The lowest BCUT2D eigenvalue weighted by Crippen LogP contribution is -2.17. The van der Waals surface area contributed by atoms with E-state index in [-0.39, 0.29) is 0 Å². The molecule has 9 aromatic carbocycles. The molecule has 0 saturated heterocycles. The number of rotatable bonds is 5. The van der Waals surface area contributed by atoms with Crippen molar-refractivity contribution >= 4 is 87.2 Å². The van der Waals surface area contributed by atoms with E-state index in [0.717, 1.165) is 121 Å². The number of benzene rings is 9. The highest BCUT2D eigenvalue weighted by atomic mass is 15.1. The van der Waals surface area contributed by atoms with Crippen molar-refractivity contribution in [3.8, 4) is 40.1 Å². The van der Waals surface area contributed by atoms with Crippen molar-refractivity contribution in [1.82, 2.24) is 23.3 Å². The molecule has 0 atom stereocenters. The Bertz CT molecular complexity index is 4220. The van der Waals surface area contributed by atoms with Crippen LogP contribution in [0.15, 0.2) is 212 Å². The van der Waals surface area contributed by atoms with Gasteiger partial charge in [0.05, 0.1) is 78.1 Å². The molecule has 14 rings (SSSR count). The number of aryl methyl sites for hydroxylation is 1. The van der Waals surface area contributed by atoms with Crippen LogP contribution in [0.25, 0.3) is 121 Å². The zero-order valence-corrected chi connectivity index (χ0v) is 36.4. The maximum absolute atomic E-state index is 12.4. The van der Waals surface area contributed by atoms with Crippen LogP contribution in [-0.4, -0.2) is 23.3 Å². The largest absolute Gasteiger partial charge is 0.306 e. The van der Waals surface area contributed by atoms with Crippen molar-refractivity contribution in [2.75, 3.05) is 0 Å². The van der Waals surface area contributed by atoms with E-state index < -0.39 is 0 Å². The molecule has 0 aliphatic carbocycles.